The second-order valence-electron chi connectivity index (χ2n) is 3.87. The zero-order valence-corrected chi connectivity index (χ0v) is 10.1. The van der Waals surface area contributed by atoms with Gasteiger partial charge in [-0.1, -0.05) is 20.8 Å². The Balaban J connectivity index is 4.14. The molecule has 0 rings (SSSR count). The second kappa shape index (κ2) is 6.07. The van der Waals surface area contributed by atoms with E-state index in [2.05, 4.69) is 11.8 Å². The number of ketones is 1. The van der Waals surface area contributed by atoms with Crippen molar-refractivity contribution in [3.63, 3.8) is 0 Å². The first-order valence-electron chi connectivity index (χ1n) is 4.78. The fourth-order valence-corrected chi connectivity index (χ4v) is 1.61. The van der Waals surface area contributed by atoms with Gasteiger partial charge in [0.05, 0.1) is 0 Å². The Morgan fingerprint density at radius 3 is 2.27 bits per heavy atom. The number of Topliss-reactive ketones (excluding diaryl/α,β-unsaturated/α-hetero) is 1. The Bertz CT molecular complexity index is 318. The first kappa shape index (κ1) is 14.4. The predicted molar refractivity (Wildman–Crippen MR) is 58.3 cm³/mol. The van der Waals surface area contributed by atoms with Crippen LogP contribution in [0.4, 0.5) is 0 Å². The van der Waals surface area contributed by atoms with Crippen molar-refractivity contribution in [1.29, 1.82) is 0 Å². The molecule has 0 bridgehead atoms. The molecule has 0 aliphatic heterocycles. The highest BCUT2D eigenvalue weighted by molar-refractivity contribution is 7.52. The van der Waals surface area contributed by atoms with Gasteiger partial charge in [-0.3, -0.25) is 9.36 Å². The van der Waals surface area contributed by atoms with Crippen LogP contribution in [-0.2, 0) is 9.36 Å². The van der Waals surface area contributed by atoms with Gasteiger partial charge >= 0.3 is 7.60 Å². The Kier molecular flexibility index (Phi) is 5.82. The van der Waals surface area contributed by atoms with Crippen LogP contribution in [0.25, 0.3) is 0 Å². The summed E-state index contributed by atoms with van der Waals surface area (Å²) in [5, 5.41) is 0. The van der Waals surface area contributed by atoms with Gasteiger partial charge in [0, 0.05) is 18.3 Å². The molecule has 0 aromatic heterocycles. The van der Waals surface area contributed by atoms with E-state index in [0.29, 0.717) is 6.42 Å². The summed E-state index contributed by atoms with van der Waals surface area (Å²) in [4.78, 5) is 28.5. The Hall–Kier alpha value is -0.620. The van der Waals surface area contributed by atoms with Crippen LogP contribution in [-0.4, -0.2) is 21.7 Å². The van der Waals surface area contributed by atoms with E-state index in [4.69, 9.17) is 9.79 Å². The SMILES string of the molecule is CC(C)C#CC[C@H](C)C(=O)CP(=O)(O)O. The molecule has 0 aliphatic carbocycles. The minimum atomic E-state index is -4.22. The summed E-state index contributed by atoms with van der Waals surface area (Å²) in [5.74, 6) is 5.13. The maximum Gasteiger partial charge on any atom is 0.332 e. The molecule has 2 N–H and O–H groups in total. The second-order valence-corrected chi connectivity index (χ2v) is 5.52. The maximum atomic E-state index is 11.3. The van der Waals surface area contributed by atoms with Gasteiger partial charge in [0.15, 0.2) is 0 Å². The molecular formula is C10H17O4P. The molecule has 1 atom stereocenters. The van der Waals surface area contributed by atoms with Gasteiger partial charge in [0.2, 0.25) is 0 Å². The number of carbonyl (C=O) groups is 1. The van der Waals surface area contributed by atoms with Gasteiger partial charge in [-0.25, -0.2) is 0 Å². The van der Waals surface area contributed by atoms with E-state index in [1.807, 2.05) is 13.8 Å². The molecule has 0 saturated carbocycles. The van der Waals surface area contributed by atoms with Crippen LogP contribution in [0.2, 0.25) is 0 Å². The average molecular weight is 232 g/mol. The summed E-state index contributed by atoms with van der Waals surface area (Å²) in [7, 11) is -4.22. The molecule has 4 nitrogen and oxygen atoms in total. The molecule has 0 radical (unpaired) electrons. The van der Waals surface area contributed by atoms with E-state index in [1.54, 1.807) is 6.92 Å². The topological polar surface area (TPSA) is 74.6 Å². The molecule has 0 fully saturated rings. The lowest BCUT2D eigenvalue weighted by Gasteiger charge is -2.07. The van der Waals surface area contributed by atoms with E-state index in [9.17, 15) is 9.36 Å². The highest BCUT2D eigenvalue weighted by atomic mass is 31.2. The summed E-state index contributed by atoms with van der Waals surface area (Å²) in [5.41, 5.74) is 0. The number of hydrogen-bond donors (Lipinski definition) is 2. The summed E-state index contributed by atoms with van der Waals surface area (Å²) in [6, 6.07) is 0. The van der Waals surface area contributed by atoms with Crippen molar-refractivity contribution in [1.82, 2.24) is 0 Å². The third kappa shape index (κ3) is 8.38. The molecular weight excluding hydrogens is 215 g/mol. The molecule has 15 heavy (non-hydrogen) atoms. The molecule has 0 heterocycles. The summed E-state index contributed by atoms with van der Waals surface area (Å²) >= 11 is 0. The Labute approximate surface area is 90.2 Å². The maximum absolute atomic E-state index is 11.3. The van der Waals surface area contributed by atoms with E-state index in [0.717, 1.165) is 0 Å². The fraction of sp³-hybridized carbons (Fsp3) is 0.700. The number of hydrogen-bond acceptors (Lipinski definition) is 2. The standard InChI is InChI=1S/C10H17O4P/c1-8(2)5-4-6-9(3)10(11)7-15(12,13)14/h8-9H,6-7H2,1-3H3,(H2,12,13,14)/t9-/m0/s1. The highest BCUT2D eigenvalue weighted by Crippen LogP contribution is 2.34. The molecule has 0 saturated heterocycles. The van der Waals surface area contributed by atoms with Crippen molar-refractivity contribution < 1.29 is 19.1 Å². The Morgan fingerprint density at radius 1 is 1.33 bits per heavy atom. The van der Waals surface area contributed by atoms with Crippen LogP contribution in [0.5, 0.6) is 0 Å². The lowest BCUT2D eigenvalue weighted by atomic mass is 10.0. The third-order valence-electron chi connectivity index (χ3n) is 1.71. The minimum absolute atomic E-state index is 0.245. The van der Waals surface area contributed by atoms with Crippen LogP contribution >= 0.6 is 7.60 Å². The molecule has 0 amide bonds. The lowest BCUT2D eigenvalue weighted by molar-refractivity contribution is -0.119. The fourth-order valence-electron chi connectivity index (χ4n) is 0.889. The van der Waals surface area contributed by atoms with Crippen LogP contribution in [0.15, 0.2) is 0 Å². The van der Waals surface area contributed by atoms with Crippen molar-refractivity contribution in [2.75, 3.05) is 6.16 Å². The third-order valence-corrected chi connectivity index (χ3v) is 2.43. The van der Waals surface area contributed by atoms with Crippen LogP contribution in [0.3, 0.4) is 0 Å². The zero-order valence-electron chi connectivity index (χ0n) is 9.23. The average Bonchev–Trinajstić information content (AvgIpc) is 1.99. The molecule has 0 unspecified atom stereocenters. The van der Waals surface area contributed by atoms with Gasteiger partial charge in [0.1, 0.15) is 11.9 Å². The smallest absolute Gasteiger partial charge is 0.324 e. The first-order valence-corrected chi connectivity index (χ1v) is 6.58. The molecule has 86 valence electrons. The number of rotatable bonds is 4. The minimum Gasteiger partial charge on any atom is -0.324 e. The van der Waals surface area contributed by atoms with Gasteiger partial charge < -0.3 is 9.79 Å². The van der Waals surface area contributed by atoms with Gasteiger partial charge in [-0.15, -0.1) is 11.8 Å². The van der Waals surface area contributed by atoms with Crippen molar-refractivity contribution in [2.45, 2.75) is 27.2 Å². The zero-order chi connectivity index (χ0) is 12.1. The van der Waals surface area contributed by atoms with E-state index in [-0.39, 0.29) is 5.92 Å². The molecule has 0 aromatic carbocycles. The quantitative estimate of drug-likeness (QED) is 0.567. The summed E-state index contributed by atoms with van der Waals surface area (Å²) in [6.45, 7) is 5.51. The molecule has 5 heteroatoms. The summed E-state index contributed by atoms with van der Waals surface area (Å²) < 4.78 is 10.6. The molecule has 0 aromatic rings. The first-order chi connectivity index (χ1) is 6.72. The molecule has 0 aliphatic rings. The number of carbonyl (C=O) groups excluding carboxylic acids is 1. The van der Waals surface area contributed by atoms with Crippen molar-refractivity contribution >= 4 is 13.4 Å². The molecule has 0 spiro atoms. The predicted octanol–water partition coefficient (Wildman–Crippen LogP) is 1.42. The summed E-state index contributed by atoms with van der Waals surface area (Å²) in [6.07, 6.45) is -0.325. The Morgan fingerprint density at radius 2 is 1.87 bits per heavy atom. The van der Waals surface area contributed by atoms with Crippen molar-refractivity contribution in [3.8, 4) is 11.8 Å². The van der Waals surface area contributed by atoms with Gasteiger partial charge in [-0.05, 0) is 0 Å². The highest BCUT2D eigenvalue weighted by Gasteiger charge is 2.22. The van der Waals surface area contributed by atoms with Crippen LogP contribution in [0.1, 0.15) is 27.2 Å². The van der Waals surface area contributed by atoms with Crippen molar-refractivity contribution in [2.24, 2.45) is 11.8 Å². The van der Waals surface area contributed by atoms with Gasteiger partial charge in [0.25, 0.3) is 0 Å². The van der Waals surface area contributed by atoms with Crippen LogP contribution < -0.4 is 0 Å². The largest absolute Gasteiger partial charge is 0.332 e. The lowest BCUT2D eigenvalue weighted by Crippen LogP contribution is -2.14. The van der Waals surface area contributed by atoms with Crippen molar-refractivity contribution in [3.05, 3.63) is 0 Å². The van der Waals surface area contributed by atoms with Crippen LogP contribution in [0, 0.1) is 23.7 Å². The van der Waals surface area contributed by atoms with Gasteiger partial charge in [-0.2, -0.15) is 0 Å². The van der Waals surface area contributed by atoms with E-state index < -0.39 is 25.5 Å². The van der Waals surface area contributed by atoms with E-state index in [1.165, 1.54) is 0 Å². The normalized spacial score (nSPS) is 13.2. The van der Waals surface area contributed by atoms with E-state index >= 15 is 0 Å². The monoisotopic (exact) mass is 232 g/mol.